The highest BCUT2D eigenvalue weighted by atomic mass is 32.2. The Morgan fingerprint density at radius 1 is 1.38 bits per heavy atom. The van der Waals surface area contributed by atoms with E-state index < -0.39 is 14.6 Å². The van der Waals surface area contributed by atoms with Crippen LogP contribution in [0.5, 0.6) is 0 Å². The Bertz CT molecular complexity index is 401. The lowest BCUT2D eigenvalue weighted by atomic mass is 10.3. The predicted molar refractivity (Wildman–Crippen MR) is 64.0 cm³/mol. The Morgan fingerprint density at radius 2 is 2.06 bits per heavy atom. The first kappa shape index (κ1) is 13.3. The predicted octanol–water partition coefficient (Wildman–Crippen LogP) is 1.58. The van der Waals surface area contributed by atoms with Gasteiger partial charge in [0.05, 0.1) is 23.3 Å². The van der Waals surface area contributed by atoms with E-state index in [1.54, 1.807) is 27.0 Å². The van der Waals surface area contributed by atoms with Crippen molar-refractivity contribution in [1.82, 2.24) is 5.32 Å². The number of hydrogen-bond donors (Lipinski definition) is 1. The minimum atomic E-state index is -3.03. The van der Waals surface area contributed by atoms with E-state index in [9.17, 15) is 8.42 Å². The summed E-state index contributed by atoms with van der Waals surface area (Å²) in [5.74, 6) is 0.963. The quantitative estimate of drug-likeness (QED) is 0.800. The Labute approximate surface area is 97.0 Å². The molecule has 0 fully saturated rings. The fourth-order valence-electron chi connectivity index (χ4n) is 1.14. The zero-order valence-corrected chi connectivity index (χ0v) is 10.8. The number of nitrogens with one attached hydrogen (secondary N) is 1. The second-order valence-corrected chi connectivity index (χ2v) is 7.55. The normalized spacial score (nSPS) is 12.9. The summed E-state index contributed by atoms with van der Waals surface area (Å²) >= 11 is 0. The molecule has 0 saturated carbocycles. The molecule has 0 spiro atoms. The van der Waals surface area contributed by atoms with Crippen LogP contribution in [0, 0.1) is 0 Å². The fourth-order valence-corrected chi connectivity index (χ4v) is 2.16. The van der Waals surface area contributed by atoms with Crippen molar-refractivity contribution in [3.05, 3.63) is 24.2 Å². The van der Waals surface area contributed by atoms with Gasteiger partial charge in [-0.25, -0.2) is 8.42 Å². The van der Waals surface area contributed by atoms with Gasteiger partial charge in [0.15, 0.2) is 9.84 Å². The third-order valence-corrected chi connectivity index (χ3v) is 4.97. The topological polar surface area (TPSA) is 59.3 Å². The first-order valence-corrected chi connectivity index (χ1v) is 6.93. The molecule has 0 aliphatic heterocycles. The smallest absolute Gasteiger partial charge is 0.156 e. The zero-order valence-electron chi connectivity index (χ0n) is 9.99. The maximum Gasteiger partial charge on any atom is 0.156 e. The van der Waals surface area contributed by atoms with E-state index in [1.165, 1.54) is 0 Å². The van der Waals surface area contributed by atoms with Gasteiger partial charge >= 0.3 is 0 Å². The molecule has 0 aliphatic rings. The molecule has 0 radical (unpaired) electrons. The van der Waals surface area contributed by atoms with Crippen LogP contribution in [0.3, 0.4) is 0 Å². The van der Waals surface area contributed by atoms with Gasteiger partial charge in [-0.15, -0.1) is 0 Å². The van der Waals surface area contributed by atoms with Crippen LogP contribution in [0.1, 0.15) is 26.5 Å². The third-order valence-electron chi connectivity index (χ3n) is 2.36. The van der Waals surface area contributed by atoms with Crippen LogP contribution in [0.4, 0.5) is 0 Å². The molecule has 0 atom stereocenters. The number of rotatable bonds is 5. The standard InChI is InChI=1S/C11H19NO3S/c1-11(2,3)16(13,14)8-6-12-9-10-5-4-7-15-10/h4-5,7,12H,6,8-9H2,1-3H3. The van der Waals surface area contributed by atoms with Crippen LogP contribution in [0.15, 0.2) is 22.8 Å². The monoisotopic (exact) mass is 245 g/mol. The first-order valence-electron chi connectivity index (χ1n) is 5.28. The van der Waals surface area contributed by atoms with Crippen molar-refractivity contribution in [3.63, 3.8) is 0 Å². The van der Waals surface area contributed by atoms with Gasteiger partial charge in [-0.05, 0) is 32.9 Å². The second kappa shape index (κ2) is 5.01. The fraction of sp³-hybridized carbons (Fsp3) is 0.636. The summed E-state index contributed by atoms with van der Waals surface area (Å²) in [5, 5.41) is 3.04. The van der Waals surface area contributed by atoms with Crippen molar-refractivity contribution >= 4 is 9.84 Å². The Hall–Kier alpha value is -0.810. The maximum absolute atomic E-state index is 11.7. The SMILES string of the molecule is CC(C)(C)S(=O)(=O)CCNCc1ccco1. The summed E-state index contributed by atoms with van der Waals surface area (Å²) in [6, 6.07) is 3.66. The van der Waals surface area contributed by atoms with E-state index in [0.29, 0.717) is 13.1 Å². The maximum atomic E-state index is 11.7. The summed E-state index contributed by atoms with van der Waals surface area (Å²) in [7, 11) is -3.03. The number of furan rings is 1. The minimum absolute atomic E-state index is 0.150. The third kappa shape index (κ3) is 3.64. The van der Waals surface area contributed by atoms with E-state index >= 15 is 0 Å². The molecule has 0 unspecified atom stereocenters. The van der Waals surface area contributed by atoms with Gasteiger partial charge in [0, 0.05) is 6.54 Å². The average Bonchev–Trinajstić information content (AvgIpc) is 2.63. The first-order chi connectivity index (χ1) is 7.33. The molecule has 1 aromatic rings. The molecular formula is C11H19NO3S. The average molecular weight is 245 g/mol. The molecule has 1 rings (SSSR count). The Morgan fingerprint density at radius 3 is 2.56 bits per heavy atom. The lowest BCUT2D eigenvalue weighted by Gasteiger charge is -2.18. The summed E-state index contributed by atoms with van der Waals surface area (Å²) in [5.41, 5.74) is 0. The van der Waals surface area contributed by atoms with Gasteiger partial charge in [0.1, 0.15) is 5.76 Å². The van der Waals surface area contributed by atoms with Crippen molar-refractivity contribution in [2.45, 2.75) is 32.1 Å². The molecule has 0 aromatic carbocycles. The van der Waals surface area contributed by atoms with Gasteiger partial charge in [-0.3, -0.25) is 0 Å². The van der Waals surface area contributed by atoms with Crippen molar-refractivity contribution in [2.75, 3.05) is 12.3 Å². The highest BCUT2D eigenvalue weighted by Crippen LogP contribution is 2.15. The lowest BCUT2D eigenvalue weighted by Crippen LogP contribution is -2.34. The van der Waals surface area contributed by atoms with Gasteiger partial charge in [-0.1, -0.05) is 0 Å². The molecule has 4 nitrogen and oxygen atoms in total. The van der Waals surface area contributed by atoms with Crippen molar-refractivity contribution in [2.24, 2.45) is 0 Å². The Kier molecular flexibility index (Phi) is 4.15. The lowest BCUT2D eigenvalue weighted by molar-refractivity contribution is 0.486. The summed E-state index contributed by atoms with van der Waals surface area (Å²) in [6.45, 7) is 6.16. The zero-order chi connectivity index (χ0) is 12.2. The molecular weight excluding hydrogens is 226 g/mol. The molecule has 0 aliphatic carbocycles. The molecule has 5 heteroatoms. The highest BCUT2D eigenvalue weighted by Gasteiger charge is 2.27. The van der Waals surface area contributed by atoms with Crippen LogP contribution < -0.4 is 5.32 Å². The van der Waals surface area contributed by atoms with Crippen LogP contribution in [-0.4, -0.2) is 25.5 Å². The van der Waals surface area contributed by atoms with E-state index in [4.69, 9.17) is 4.42 Å². The molecule has 92 valence electrons. The van der Waals surface area contributed by atoms with Crippen LogP contribution in [0.2, 0.25) is 0 Å². The van der Waals surface area contributed by atoms with E-state index in [2.05, 4.69) is 5.32 Å². The van der Waals surface area contributed by atoms with Crippen molar-refractivity contribution in [1.29, 1.82) is 0 Å². The summed E-state index contributed by atoms with van der Waals surface area (Å²) < 4.78 is 27.9. The van der Waals surface area contributed by atoms with Crippen LogP contribution in [-0.2, 0) is 16.4 Å². The molecule has 16 heavy (non-hydrogen) atoms. The van der Waals surface area contributed by atoms with Gasteiger partial charge in [0.25, 0.3) is 0 Å². The number of hydrogen-bond acceptors (Lipinski definition) is 4. The molecule has 0 saturated heterocycles. The molecule has 1 aromatic heterocycles. The van der Waals surface area contributed by atoms with Gasteiger partial charge < -0.3 is 9.73 Å². The second-order valence-electron chi connectivity index (χ2n) is 4.69. The Balaban J connectivity index is 2.31. The van der Waals surface area contributed by atoms with Gasteiger partial charge in [0.2, 0.25) is 0 Å². The summed E-state index contributed by atoms with van der Waals surface area (Å²) in [4.78, 5) is 0. The summed E-state index contributed by atoms with van der Waals surface area (Å²) in [6.07, 6.45) is 1.60. The van der Waals surface area contributed by atoms with E-state index in [-0.39, 0.29) is 5.75 Å². The molecule has 0 bridgehead atoms. The molecule has 0 amide bonds. The van der Waals surface area contributed by atoms with Crippen LogP contribution in [0.25, 0.3) is 0 Å². The molecule has 1 N–H and O–H groups in total. The number of sulfone groups is 1. The highest BCUT2D eigenvalue weighted by molar-refractivity contribution is 7.92. The van der Waals surface area contributed by atoms with Crippen molar-refractivity contribution < 1.29 is 12.8 Å². The van der Waals surface area contributed by atoms with Crippen LogP contribution >= 0.6 is 0 Å². The largest absolute Gasteiger partial charge is 0.468 e. The minimum Gasteiger partial charge on any atom is -0.468 e. The molecule has 1 heterocycles. The van der Waals surface area contributed by atoms with Crippen molar-refractivity contribution in [3.8, 4) is 0 Å². The van der Waals surface area contributed by atoms with E-state index in [0.717, 1.165) is 5.76 Å². The van der Waals surface area contributed by atoms with Gasteiger partial charge in [-0.2, -0.15) is 0 Å². The van der Waals surface area contributed by atoms with E-state index in [1.807, 2.05) is 12.1 Å².